The molecule has 2 heterocycles. The normalized spacial score (nSPS) is 23.8. The molecule has 5 nitrogen and oxygen atoms in total. The summed E-state index contributed by atoms with van der Waals surface area (Å²) in [5, 5.41) is 14.1. The van der Waals surface area contributed by atoms with Crippen molar-refractivity contribution in [3.8, 4) is 0 Å². The van der Waals surface area contributed by atoms with E-state index in [4.69, 9.17) is 0 Å². The van der Waals surface area contributed by atoms with Crippen molar-refractivity contribution in [3.63, 3.8) is 0 Å². The summed E-state index contributed by atoms with van der Waals surface area (Å²) in [6.07, 6.45) is 1.17. The van der Waals surface area contributed by atoms with Crippen molar-refractivity contribution < 1.29 is 5.11 Å². The minimum atomic E-state index is -0.586. The predicted octanol–water partition coefficient (Wildman–Crippen LogP) is 1.52. The van der Waals surface area contributed by atoms with Gasteiger partial charge in [-0.2, -0.15) is 0 Å². The van der Waals surface area contributed by atoms with Crippen LogP contribution in [-0.2, 0) is 6.54 Å². The van der Waals surface area contributed by atoms with Crippen molar-refractivity contribution in [1.29, 1.82) is 0 Å². The highest BCUT2D eigenvalue weighted by Gasteiger charge is 2.28. The summed E-state index contributed by atoms with van der Waals surface area (Å²) in [6.45, 7) is 4.86. The van der Waals surface area contributed by atoms with Crippen molar-refractivity contribution in [2.24, 2.45) is 0 Å². The molecule has 1 aliphatic heterocycles. The third-order valence-corrected chi connectivity index (χ3v) is 4.30. The van der Waals surface area contributed by atoms with Gasteiger partial charge in [0, 0.05) is 24.2 Å². The molecule has 0 radical (unpaired) electrons. The van der Waals surface area contributed by atoms with E-state index in [0.29, 0.717) is 12.6 Å². The quantitative estimate of drug-likeness (QED) is 0.795. The van der Waals surface area contributed by atoms with Crippen LogP contribution in [0.5, 0.6) is 0 Å². The maximum absolute atomic E-state index is 12.0. The summed E-state index contributed by atoms with van der Waals surface area (Å²) in [4.78, 5) is 14.9. The molecular formula is C15H21N3O2. The number of aromatic nitrogens is 2. The first-order valence-corrected chi connectivity index (χ1v) is 7.27. The van der Waals surface area contributed by atoms with Gasteiger partial charge in [-0.05, 0) is 25.8 Å². The second kappa shape index (κ2) is 5.07. The third-order valence-electron chi connectivity index (χ3n) is 4.30. The molecule has 0 amide bonds. The van der Waals surface area contributed by atoms with Gasteiger partial charge < -0.3 is 15.4 Å². The van der Waals surface area contributed by atoms with Gasteiger partial charge in [0.15, 0.2) is 0 Å². The van der Waals surface area contributed by atoms with E-state index in [-0.39, 0.29) is 11.7 Å². The van der Waals surface area contributed by atoms with Gasteiger partial charge in [0.2, 0.25) is 0 Å². The molecule has 1 aliphatic rings. The number of imidazole rings is 1. The molecule has 3 atom stereocenters. The van der Waals surface area contributed by atoms with Crippen molar-refractivity contribution >= 4 is 11.0 Å². The van der Waals surface area contributed by atoms with Crippen LogP contribution in [0.2, 0.25) is 0 Å². The van der Waals surface area contributed by atoms with Crippen molar-refractivity contribution in [3.05, 3.63) is 34.2 Å². The monoisotopic (exact) mass is 275 g/mol. The van der Waals surface area contributed by atoms with Crippen LogP contribution in [0.15, 0.2) is 23.0 Å². The number of nitrogens with zero attached hydrogens (tertiary/aromatic N) is 1. The van der Waals surface area contributed by atoms with Gasteiger partial charge in [0.25, 0.3) is 0 Å². The zero-order valence-corrected chi connectivity index (χ0v) is 11.9. The lowest BCUT2D eigenvalue weighted by Crippen LogP contribution is -2.40. The molecule has 0 saturated carbocycles. The number of para-hydroxylation sites is 1. The molecule has 0 saturated heterocycles. The van der Waals surface area contributed by atoms with Gasteiger partial charge in [-0.15, -0.1) is 0 Å². The third kappa shape index (κ3) is 2.07. The molecule has 5 heteroatoms. The molecule has 20 heavy (non-hydrogen) atoms. The molecule has 0 aliphatic carbocycles. The summed E-state index contributed by atoms with van der Waals surface area (Å²) >= 11 is 0. The van der Waals surface area contributed by atoms with E-state index in [2.05, 4.69) is 24.1 Å². The van der Waals surface area contributed by atoms with Crippen LogP contribution in [-0.4, -0.2) is 26.7 Å². The number of hydrogen-bond acceptors (Lipinski definition) is 3. The average molecular weight is 275 g/mol. The van der Waals surface area contributed by atoms with Gasteiger partial charge in [-0.3, -0.25) is 4.57 Å². The Morgan fingerprint density at radius 1 is 1.55 bits per heavy atom. The van der Waals surface area contributed by atoms with E-state index in [1.165, 1.54) is 0 Å². The summed E-state index contributed by atoms with van der Waals surface area (Å²) in [6, 6.07) is 6.01. The Kier molecular flexibility index (Phi) is 3.40. The number of aliphatic hydroxyl groups excluding tert-OH is 1. The molecule has 108 valence electrons. The Labute approximate surface area is 117 Å². The number of aryl methyl sites for hydroxylation is 1. The standard InChI is InChI=1S/C15H21N3O2/c1-3-9(2)16-12-7-8-18-13-10(14(12)19)5-4-6-11(13)17-15(18)20/h4-6,9,12,14,16,19H,3,7-8H2,1-2H3,(H,17,20)/t9?,12-,14-/m1/s1. The summed E-state index contributed by atoms with van der Waals surface area (Å²) < 4.78 is 1.74. The highest BCUT2D eigenvalue weighted by Crippen LogP contribution is 2.29. The SMILES string of the molecule is CCC(C)N[C@@H]1CCn2c(=O)[nH]c3cccc(c32)[C@H]1O. The maximum atomic E-state index is 12.0. The molecule has 0 bridgehead atoms. The zero-order chi connectivity index (χ0) is 14.3. The highest BCUT2D eigenvalue weighted by atomic mass is 16.3. The molecule has 1 aromatic carbocycles. The molecule has 0 spiro atoms. The van der Waals surface area contributed by atoms with Crippen LogP contribution in [0.3, 0.4) is 0 Å². The van der Waals surface area contributed by atoms with Gasteiger partial charge in [0.05, 0.1) is 17.1 Å². The molecule has 3 rings (SSSR count). The lowest BCUT2D eigenvalue weighted by atomic mass is 9.99. The topological polar surface area (TPSA) is 70.0 Å². The van der Waals surface area contributed by atoms with Gasteiger partial charge in [-0.25, -0.2) is 4.79 Å². The minimum Gasteiger partial charge on any atom is -0.387 e. The smallest absolute Gasteiger partial charge is 0.326 e. The molecule has 1 unspecified atom stereocenters. The second-order valence-corrected chi connectivity index (χ2v) is 5.64. The van der Waals surface area contributed by atoms with Crippen molar-refractivity contribution in [2.45, 2.75) is 51.4 Å². The fraction of sp³-hybridized carbons (Fsp3) is 0.533. The van der Waals surface area contributed by atoms with E-state index in [9.17, 15) is 9.90 Å². The van der Waals surface area contributed by atoms with Crippen molar-refractivity contribution in [1.82, 2.24) is 14.9 Å². The van der Waals surface area contributed by atoms with Crippen LogP contribution in [0, 0.1) is 0 Å². The summed E-state index contributed by atoms with van der Waals surface area (Å²) in [5.74, 6) is 0. The van der Waals surface area contributed by atoms with E-state index in [1.807, 2.05) is 18.2 Å². The molecule has 1 aromatic heterocycles. The largest absolute Gasteiger partial charge is 0.387 e. The van der Waals surface area contributed by atoms with E-state index < -0.39 is 6.10 Å². The fourth-order valence-corrected chi connectivity index (χ4v) is 3.00. The lowest BCUT2D eigenvalue weighted by molar-refractivity contribution is 0.119. The molecular weight excluding hydrogens is 254 g/mol. The van der Waals surface area contributed by atoms with Crippen LogP contribution < -0.4 is 11.0 Å². The summed E-state index contributed by atoms with van der Waals surface area (Å²) in [7, 11) is 0. The first-order chi connectivity index (χ1) is 9.61. The minimum absolute atomic E-state index is 0.0187. The first-order valence-electron chi connectivity index (χ1n) is 7.27. The van der Waals surface area contributed by atoms with Crippen molar-refractivity contribution in [2.75, 3.05) is 0 Å². The van der Waals surface area contributed by atoms with Gasteiger partial charge in [-0.1, -0.05) is 19.1 Å². The molecule has 3 N–H and O–H groups in total. The highest BCUT2D eigenvalue weighted by molar-refractivity contribution is 5.79. The molecule has 2 aromatic rings. The molecule has 0 fully saturated rings. The van der Waals surface area contributed by atoms with Crippen LogP contribution in [0.4, 0.5) is 0 Å². The Morgan fingerprint density at radius 2 is 2.35 bits per heavy atom. The van der Waals surface area contributed by atoms with Crippen LogP contribution in [0.25, 0.3) is 11.0 Å². The Balaban J connectivity index is 2.06. The van der Waals surface area contributed by atoms with Crippen LogP contribution >= 0.6 is 0 Å². The number of aliphatic hydroxyl groups is 1. The van der Waals surface area contributed by atoms with Crippen LogP contribution in [0.1, 0.15) is 38.4 Å². The first kappa shape index (κ1) is 13.4. The summed E-state index contributed by atoms with van der Waals surface area (Å²) in [5.41, 5.74) is 2.39. The second-order valence-electron chi connectivity index (χ2n) is 5.64. The average Bonchev–Trinajstić information content (AvgIpc) is 2.69. The number of H-pyrrole nitrogens is 1. The zero-order valence-electron chi connectivity index (χ0n) is 11.9. The number of benzene rings is 1. The Hall–Kier alpha value is -1.59. The number of aromatic amines is 1. The van der Waals surface area contributed by atoms with Gasteiger partial charge >= 0.3 is 5.69 Å². The number of hydrogen-bond donors (Lipinski definition) is 3. The fourth-order valence-electron chi connectivity index (χ4n) is 3.00. The lowest BCUT2D eigenvalue weighted by Gasteiger charge is -2.26. The number of nitrogens with one attached hydrogen (secondary N) is 2. The van der Waals surface area contributed by atoms with E-state index in [1.54, 1.807) is 4.57 Å². The number of rotatable bonds is 3. The van der Waals surface area contributed by atoms with E-state index >= 15 is 0 Å². The Morgan fingerprint density at radius 3 is 3.10 bits per heavy atom. The van der Waals surface area contributed by atoms with Gasteiger partial charge in [0.1, 0.15) is 0 Å². The predicted molar refractivity (Wildman–Crippen MR) is 78.8 cm³/mol. The van der Waals surface area contributed by atoms with E-state index in [0.717, 1.165) is 29.4 Å². The Bertz CT molecular complexity index is 673. The maximum Gasteiger partial charge on any atom is 0.326 e.